The molecule has 1 aliphatic heterocycles. The maximum atomic E-state index is 12.5. The van der Waals surface area contributed by atoms with Gasteiger partial charge in [0.15, 0.2) is 5.57 Å². The normalized spacial score (nSPS) is 18.1. The minimum atomic E-state index is -1.06. The predicted octanol–water partition coefficient (Wildman–Crippen LogP) is 2.63. The summed E-state index contributed by atoms with van der Waals surface area (Å²) in [7, 11) is 3.84. The highest BCUT2D eigenvalue weighted by Gasteiger charge is 2.52. The molecule has 1 aromatic rings. The fourth-order valence-corrected chi connectivity index (χ4v) is 2.93. The van der Waals surface area contributed by atoms with Crippen molar-refractivity contribution >= 4 is 23.5 Å². The number of ether oxygens (including phenoxy) is 3. The molecule has 1 N–H and O–H groups in total. The van der Waals surface area contributed by atoms with E-state index in [1.807, 2.05) is 39.8 Å². The lowest BCUT2D eigenvalue weighted by Crippen LogP contribution is -2.54. The molecule has 0 radical (unpaired) electrons. The van der Waals surface area contributed by atoms with Crippen molar-refractivity contribution in [3.63, 3.8) is 0 Å². The second-order valence-electron chi connectivity index (χ2n) is 7.29. The van der Waals surface area contributed by atoms with Gasteiger partial charge in [0.2, 0.25) is 5.76 Å². The van der Waals surface area contributed by atoms with Gasteiger partial charge in [-0.1, -0.05) is 0 Å². The summed E-state index contributed by atoms with van der Waals surface area (Å²) in [6.45, 7) is 7.72. The lowest BCUT2D eigenvalue weighted by molar-refractivity contribution is -0.141. The summed E-state index contributed by atoms with van der Waals surface area (Å²) in [5.41, 5.74) is -0.914. The number of methoxy groups -OCH3 is 3. The molecule has 0 aliphatic carbocycles. The molecule has 8 heteroatoms. The Balaban J connectivity index is 2.75. The van der Waals surface area contributed by atoms with Crippen molar-refractivity contribution in [1.29, 1.82) is 0 Å². The maximum absolute atomic E-state index is 12.5. The molecule has 0 fully saturated rings. The van der Waals surface area contributed by atoms with Crippen LogP contribution in [0, 0.1) is 0 Å². The van der Waals surface area contributed by atoms with Crippen LogP contribution in [0.15, 0.2) is 40.6 Å². The molecule has 0 aromatic heterocycles. The highest BCUT2D eigenvalue weighted by Crippen LogP contribution is 2.43. The molecule has 1 aromatic carbocycles. The smallest absolute Gasteiger partial charge is 0.374 e. The molecule has 28 heavy (non-hydrogen) atoms. The fourth-order valence-electron chi connectivity index (χ4n) is 2.93. The topological polar surface area (TPSA) is 97.7 Å². The minimum absolute atomic E-state index is 0.120. The van der Waals surface area contributed by atoms with E-state index in [1.165, 1.54) is 0 Å². The van der Waals surface area contributed by atoms with Crippen LogP contribution >= 0.6 is 0 Å². The lowest BCUT2D eigenvalue weighted by atomic mass is 9.83. The van der Waals surface area contributed by atoms with E-state index in [4.69, 9.17) is 9.47 Å². The van der Waals surface area contributed by atoms with Crippen molar-refractivity contribution < 1.29 is 28.9 Å². The monoisotopic (exact) mass is 390 g/mol. The van der Waals surface area contributed by atoms with E-state index in [0.29, 0.717) is 11.4 Å². The zero-order valence-electron chi connectivity index (χ0n) is 17.2. The Morgan fingerprint density at radius 1 is 0.964 bits per heavy atom. The second kappa shape index (κ2) is 7.53. The molecule has 1 aliphatic rings. The number of aliphatic imine (C=N–C) groups is 1. The number of esters is 2. The summed E-state index contributed by atoms with van der Waals surface area (Å²) in [4.78, 5) is 30.9. The van der Waals surface area contributed by atoms with Crippen LogP contribution in [0.2, 0.25) is 0 Å². The van der Waals surface area contributed by atoms with Crippen LogP contribution in [0.5, 0.6) is 5.75 Å². The third kappa shape index (κ3) is 3.42. The summed E-state index contributed by atoms with van der Waals surface area (Å²) < 4.78 is 14.6. The third-order valence-corrected chi connectivity index (χ3v) is 5.21. The molecule has 0 amide bonds. The van der Waals surface area contributed by atoms with E-state index >= 15 is 0 Å². The molecule has 152 valence electrons. The van der Waals surface area contributed by atoms with Gasteiger partial charge >= 0.3 is 11.9 Å². The average molecular weight is 390 g/mol. The van der Waals surface area contributed by atoms with Gasteiger partial charge in [-0.25, -0.2) is 9.59 Å². The lowest BCUT2D eigenvalue weighted by Gasteiger charge is -2.41. The van der Waals surface area contributed by atoms with Crippen LogP contribution < -0.4 is 9.64 Å². The van der Waals surface area contributed by atoms with Gasteiger partial charge < -0.3 is 24.2 Å². The van der Waals surface area contributed by atoms with Gasteiger partial charge in [-0.05, 0) is 52.0 Å². The zero-order valence-corrected chi connectivity index (χ0v) is 17.2. The molecule has 0 bridgehead atoms. The van der Waals surface area contributed by atoms with Gasteiger partial charge in [-0.15, -0.1) is 0 Å². The zero-order chi connectivity index (χ0) is 21.3. The molecule has 0 saturated heterocycles. The molecule has 0 spiro atoms. The van der Waals surface area contributed by atoms with Crippen LogP contribution in [0.1, 0.15) is 27.7 Å². The maximum Gasteiger partial charge on any atom is 0.374 e. The molecular weight excluding hydrogens is 364 g/mol. The van der Waals surface area contributed by atoms with E-state index in [0.717, 1.165) is 14.2 Å². The number of anilines is 1. The van der Waals surface area contributed by atoms with Crippen LogP contribution in [0.25, 0.3) is 0 Å². The fraction of sp³-hybridized carbons (Fsp3) is 0.450. The number of carbonyl (C=O) groups excluding carboxylic acids is 2. The van der Waals surface area contributed by atoms with Crippen molar-refractivity contribution in [2.75, 3.05) is 26.2 Å². The van der Waals surface area contributed by atoms with Crippen LogP contribution in [-0.4, -0.2) is 55.3 Å². The highest BCUT2D eigenvalue weighted by atomic mass is 16.5. The standard InChI is InChI=1S/C20H26N2O6/c1-19(2)20(3,4)22(12-8-10-13(26-5)11-9-12)16(21-19)14(17(24)27-6)15(23)18(25)28-7/h8-11,23H,1-7H3/b15-14+. The van der Waals surface area contributed by atoms with Gasteiger partial charge in [0.1, 0.15) is 11.6 Å². The van der Waals surface area contributed by atoms with Gasteiger partial charge in [0.25, 0.3) is 0 Å². The number of aliphatic hydroxyl groups excluding tert-OH is 1. The summed E-state index contributed by atoms with van der Waals surface area (Å²) in [5, 5.41) is 10.4. The van der Waals surface area contributed by atoms with Crippen LogP contribution in [0.4, 0.5) is 5.69 Å². The third-order valence-electron chi connectivity index (χ3n) is 5.21. The van der Waals surface area contributed by atoms with E-state index in [1.54, 1.807) is 24.1 Å². The van der Waals surface area contributed by atoms with Gasteiger partial charge in [0.05, 0.1) is 32.4 Å². The average Bonchev–Trinajstić information content (AvgIpc) is 2.85. The minimum Gasteiger partial charge on any atom is -0.501 e. The van der Waals surface area contributed by atoms with E-state index in [-0.39, 0.29) is 11.4 Å². The Kier molecular flexibility index (Phi) is 5.72. The Morgan fingerprint density at radius 2 is 1.50 bits per heavy atom. The number of rotatable bonds is 5. The first kappa shape index (κ1) is 21.3. The van der Waals surface area contributed by atoms with Gasteiger partial charge in [0, 0.05) is 5.69 Å². The van der Waals surface area contributed by atoms with E-state index in [9.17, 15) is 14.7 Å². The first-order valence-corrected chi connectivity index (χ1v) is 8.66. The molecule has 0 atom stereocenters. The first-order valence-electron chi connectivity index (χ1n) is 8.66. The molecule has 2 rings (SSSR count). The number of hydrogen-bond donors (Lipinski definition) is 1. The van der Waals surface area contributed by atoms with Crippen LogP contribution in [-0.2, 0) is 19.1 Å². The molecule has 1 heterocycles. The van der Waals surface area contributed by atoms with Crippen molar-refractivity contribution in [1.82, 2.24) is 0 Å². The summed E-state index contributed by atoms with van der Waals surface area (Å²) in [6.07, 6.45) is 0. The molecule has 0 unspecified atom stereocenters. The highest BCUT2D eigenvalue weighted by molar-refractivity contribution is 6.28. The Morgan fingerprint density at radius 3 is 1.96 bits per heavy atom. The largest absolute Gasteiger partial charge is 0.501 e. The van der Waals surface area contributed by atoms with Crippen molar-refractivity contribution in [2.24, 2.45) is 4.99 Å². The SMILES string of the molecule is COC(=O)/C(O)=C(\C(=O)OC)C1=NC(C)(C)C(C)(C)N1c1ccc(OC)cc1. The number of hydrogen-bond acceptors (Lipinski definition) is 8. The van der Waals surface area contributed by atoms with Gasteiger partial charge in [-0.2, -0.15) is 0 Å². The Labute approximate surface area is 164 Å². The molecular formula is C20H26N2O6. The van der Waals surface area contributed by atoms with E-state index < -0.39 is 28.8 Å². The Hall–Kier alpha value is -3.03. The van der Waals surface area contributed by atoms with Crippen molar-refractivity contribution in [3.05, 3.63) is 35.6 Å². The van der Waals surface area contributed by atoms with E-state index in [2.05, 4.69) is 9.73 Å². The summed E-state index contributed by atoms with van der Waals surface area (Å²) >= 11 is 0. The number of nitrogens with zero attached hydrogens (tertiary/aromatic N) is 2. The number of aliphatic hydroxyl groups is 1. The first-order chi connectivity index (χ1) is 13.0. The van der Waals surface area contributed by atoms with Crippen LogP contribution in [0.3, 0.4) is 0 Å². The summed E-state index contributed by atoms with van der Waals surface area (Å²) in [5.74, 6) is -2.02. The quantitative estimate of drug-likeness (QED) is 0.469. The number of benzene rings is 1. The molecule has 0 saturated carbocycles. The Bertz CT molecular complexity index is 837. The summed E-state index contributed by atoms with van der Waals surface area (Å²) in [6, 6.07) is 7.16. The second-order valence-corrected chi connectivity index (χ2v) is 7.29. The predicted molar refractivity (Wildman–Crippen MR) is 105 cm³/mol. The van der Waals surface area contributed by atoms with Crippen molar-refractivity contribution in [2.45, 2.75) is 38.8 Å². The van der Waals surface area contributed by atoms with Crippen molar-refractivity contribution in [3.8, 4) is 5.75 Å². The number of carbonyl (C=O) groups is 2. The molecule has 8 nitrogen and oxygen atoms in total. The van der Waals surface area contributed by atoms with Gasteiger partial charge in [-0.3, -0.25) is 4.99 Å². The number of amidine groups is 1.